The van der Waals surface area contributed by atoms with Crippen LogP contribution in [0.4, 0.5) is 5.69 Å². The molecule has 2 aromatic rings. The zero-order valence-corrected chi connectivity index (χ0v) is 18.9. The van der Waals surface area contributed by atoms with Gasteiger partial charge in [-0.25, -0.2) is 0 Å². The van der Waals surface area contributed by atoms with Crippen LogP contribution in [0.25, 0.3) is 11.6 Å². The fraction of sp³-hybridized carbons (Fsp3) is 0.391. The Kier molecular flexibility index (Phi) is 6.66. The van der Waals surface area contributed by atoms with Crippen molar-refractivity contribution in [3.63, 3.8) is 0 Å². The number of aliphatic hydroxyl groups excluding tert-OH is 1. The highest BCUT2D eigenvalue weighted by molar-refractivity contribution is 6.36. The molecule has 3 heterocycles. The first-order chi connectivity index (χ1) is 15.3. The van der Waals surface area contributed by atoms with E-state index < -0.39 is 6.10 Å². The molecule has 4 N–H and O–H groups in total. The first-order valence-electron chi connectivity index (χ1n) is 10.6. The van der Waals surface area contributed by atoms with Crippen molar-refractivity contribution in [1.82, 2.24) is 15.2 Å². The van der Waals surface area contributed by atoms with E-state index in [1.54, 1.807) is 24.3 Å². The number of hydrogen-bond acceptors (Lipinski definition) is 5. The van der Waals surface area contributed by atoms with Crippen molar-refractivity contribution in [1.29, 1.82) is 0 Å². The molecule has 0 radical (unpaired) electrons. The van der Waals surface area contributed by atoms with Gasteiger partial charge in [0.05, 0.1) is 30.5 Å². The predicted octanol–water partition coefficient (Wildman–Crippen LogP) is 2.20. The lowest BCUT2D eigenvalue weighted by Gasteiger charge is -2.28. The van der Waals surface area contributed by atoms with Gasteiger partial charge in [0.25, 0.3) is 11.8 Å². The van der Waals surface area contributed by atoms with Crippen LogP contribution >= 0.6 is 11.6 Å². The molecule has 2 aliphatic heterocycles. The van der Waals surface area contributed by atoms with Gasteiger partial charge in [-0.15, -0.1) is 0 Å². The van der Waals surface area contributed by atoms with E-state index in [1.807, 2.05) is 13.8 Å². The summed E-state index contributed by atoms with van der Waals surface area (Å²) in [6.07, 6.45) is 1.07. The number of aromatic amines is 1. The minimum atomic E-state index is -0.665. The second-order valence-corrected chi connectivity index (χ2v) is 8.58. The van der Waals surface area contributed by atoms with Gasteiger partial charge < -0.3 is 25.5 Å². The fourth-order valence-electron chi connectivity index (χ4n) is 4.15. The standard InChI is InChI=1S/C23H27ClN4O4/c1-13-20(10-18-17-9-15(24)3-4-19(17)27-22(18)30)26-14(2)21(13)23(31)25-11-16(29)12-28-5-7-32-8-6-28/h3-4,9-10,16,26,29H,5-8,11-12H2,1-2H3,(H,25,31)(H,27,30)/b18-10-/t16-/m1/s1. The molecule has 32 heavy (non-hydrogen) atoms. The van der Waals surface area contributed by atoms with E-state index in [0.29, 0.717) is 53.0 Å². The van der Waals surface area contributed by atoms with E-state index in [4.69, 9.17) is 16.3 Å². The number of morpholine rings is 1. The molecule has 4 rings (SSSR count). The minimum absolute atomic E-state index is 0.158. The maximum Gasteiger partial charge on any atom is 0.256 e. The Morgan fingerprint density at radius 2 is 2.09 bits per heavy atom. The molecule has 9 heteroatoms. The summed E-state index contributed by atoms with van der Waals surface area (Å²) < 4.78 is 5.31. The number of nitrogens with zero attached hydrogens (tertiary/aromatic N) is 1. The number of ether oxygens (including phenoxy) is 1. The number of nitrogens with one attached hydrogen (secondary N) is 3. The number of halogens is 1. The first-order valence-corrected chi connectivity index (χ1v) is 11.0. The third-order valence-electron chi connectivity index (χ3n) is 5.83. The van der Waals surface area contributed by atoms with Crippen LogP contribution in [0.1, 0.15) is 32.9 Å². The maximum atomic E-state index is 12.8. The summed E-state index contributed by atoms with van der Waals surface area (Å²) in [5.41, 5.74) is 4.54. The Morgan fingerprint density at radius 1 is 1.34 bits per heavy atom. The second kappa shape index (κ2) is 9.46. The lowest BCUT2D eigenvalue weighted by molar-refractivity contribution is -0.110. The Bertz CT molecular complexity index is 1070. The number of fused-ring (bicyclic) bond motifs is 1. The molecule has 1 fully saturated rings. The number of carbonyl (C=O) groups excluding carboxylic acids is 2. The van der Waals surface area contributed by atoms with Gasteiger partial charge in [0.2, 0.25) is 0 Å². The predicted molar refractivity (Wildman–Crippen MR) is 124 cm³/mol. The highest BCUT2D eigenvalue weighted by Gasteiger charge is 2.26. The summed E-state index contributed by atoms with van der Waals surface area (Å²) in [4.78, 5) is 30.6. The number of amides is 2. The minimum Gasteiger partial charge on any atom is -0.390 e. The van der Waals surface area contributed by atoms with Gasteiger partial charge in [-0.2, -0.15) is 0 Å². The van der Waals surface area contributed by atoms with Crippen molar-refractivity contribution in [2.45, 2.75) is 20.0 Å². The van der Waals surface area contributed by atoms with Gasteiger partial charge in [0.1, 0.15) is 0 Å². The van der Waals surface area contributed by atoms with Crippen LogP contribution in [0, 0.1) is 13.8 Å². The second-order valence-electron chi connectivity index (χ2n) is 8.14. The van der Waals surface area contributed by atoms with Crippen molar-refractivity contribution in [2.75, 3.05) is 44.7 Å². The van der Waals surface area contributed by atoms with E-state index in [1.165, 1.54) is 0 Å². The molecule has 170 valence electrons. The topological polar surface area (TPSA) is 107 Å². The molecule has 8 nitrogen and oxygen atoms in total. The summed E-state index contributed by atoms with van der Waals surface area (Å²) in [7, 11) is 0. The number of benzene rings is 1. The van der Waals surface area contributed by atoms with Gasteiger partial charge in [0, 0.05) is 53.8 Å². The van der Waals surface area contributed by atoms with Crippen LogP contribution in [0.15, 0.2) is 18.2 Å². The molecule has 1 aromatic carbocycles. The molecule has 0 spiro atoms. The monoisotopic (exact) mass is 458 g/mol. The molecule has 1 aromatic heterocycles. The normalized spacial score (nSPS) is 18.5. The number of aliphatic hydroxyl groups is 1. The van der Waals surface area contributed by atoms with Crippen molar-refractivity contribution < 1.29 is 19.4 Å². The summed E-state index contributed by atoms with van der Waals surface area (Å²) in [6, 6.07) is 5.24. The summed E-state index contributed by atoms with van der Waals surface area (Å²) >= 11 is 6.11. The SMILES string of the molecule is Cc1[nH]c(/C=C2\C(=O)Nc3ccc(Cl)cc32)c(C)c1C(=O)NC[C@@H](O)CN1CCOCC1. The molecule has 0 bridgehead atoms. The zero-order valence-electron chi connectivity index (χ0n) is 18.1. The lowest BCUT2D eigenvalue weighted by Crippen LogP contribution is -2.44. The summed E-state index contributed by atoms with van der Waals surface area (Å²) in [5.74, 6) is -0.479. The van der Waals surface area contributed by atoms with E-state index in [0.717, 1.165) is 24.2 Å². The van der Waals surface area contributed by atoms with Gasteiger partial charge in [-0.1, -0.05) is 11.6 Å². The molecule has 0 unspecified atom stereocenters. The van der Waals surface area contributed by atoms with Gasteiger partial charge in [-0.05, 0) is 43.7 Å². The van der Waals surface area contributed by atoms with E-state index in [-0.39, 0.29) is 18.4 Å². The average molecular weight is 459 g/mol. The van der Waals surface area contributed by atoms with Crippen molar-refractivity contribution in [3.05, 3.63) is 51.3 Å². The smallest absolute Gasteiger partial charge is 0.256 e. The number of aryl methyl sites for hydroxylation is 1. The Morgan fingerprint density at radius 3 is 2.84 bits per heavy atom. The molecule has 0 saturated carbocycles. The average Bonchev–Trinajstić information content (AvgIpc) is 3.22. The third-order valence-corrected chi connectivity index (χ3v) is 6.06. The molecular formula is C23H27ClN4O4. The number of H-pyrrole nitrogens is 1. The first kappa shape index (κ1) is 22.5. The van der Waals surface area contributed by atoms with E-state index in [9.17, 15) is 14.7 Å². The summed E-state index contributed by atoms with van der Waals surface area (Å²) in [6.45, 7) is 7.17. The van der Waals surface area contributed by atoms with Gasteiger partial charge in [0.15, 0.2) is 0 Å². The zero-order chi connectivity index (χ0) is 22.8. The lowest BCUT2D eigenvalue weighted by atomic mass is 10.0. The van der Waals surface area contributed by atoms with Crippen LogP contribution in [0.2, 0.25) is 5.02 Å². The van der Waals surface area contributed by atoms with Crippen LogP contribution in [-0.4, -0.2) is 72.3 Å². The molecule has 1 saturated heterocycles. The largest absolute Gasteiger partial charge is 0.390 e. The maximum absolute atomic E-state index is 12.8. The van der Waals surface area contributed by atoms with E-state index >= 15 is 0 Å². The molecular weight excluding hydrogens is 432 g/mol. The number of carbonyl (C=O) groups is 2. The van der Waals surface area contributed by atoms with Crippen LogP contribution in [-0.2, 0) is 9.53 Å². The van der Waals surface area contributed by atoms with Crippen molar-refractivity contribution in [2.24, 2.45) is 0 Å². The Labute approximate surface area is 191 Å². The molecule has 1 atom stereocenters. The van der Waals surface area contributed by atoms with Gasteiger partial charge in [-0.3, -0.25) is 14.5 Å². The third kappa shape index (κ3) is 4.73. The highest BCUT2D eigenvalue weighted by Crippen LogP contribution is 2.35. The number of aromatic nitrogens is 1. The number of rotatable bonds is 6. The summed E-state index contributed by atoms with van der Waals surface area (Å²) in [5, 5.41) is 16.5. The fourth-order valence-corrected chi connectivity index (χ4v) is 4.32. The number of β-amino-alcohol motifs (C(OH)–C–C–N with tert-alkyl or cyclic N) is 1. The van der Waals surface area contributed by atoms with Crippen LogP contribution in [0.3, 0.4) is 0 Å². The molecule has 2 aliphatic rings. The van der Waals surface area contributed by atoms with Crippen molar-refractivity contribution in [3.8, 4) is 0 Å². The number of anilines is 1. The number of hydrogen-bond donors (Lipinski definition) is 4. The Balaban J connectivity index is 1.47. The van der Waals surface area contributed by atoms with Crippen LogP contribution < -0.4 is 10.6 Å². The quantitative estimate of drug-likeness (QED) is 0.496. The van der Waals surface area contributed by atoms with Crippen LogP contribution in [0.5, 0.6) is 0 Å². The molecule has 2 amide bonds. The molecule has 0 aliphatic carbocycles. The van der Waals surface area contributed by atoms with Gasteiger partial charge >= 0.3 is 0 Å². The van der Waals surface area contributed by atoms with E-state index in [2.05, 4.69) is 20.5 Å². The highest BCUT2D eigenvalue weighted by atomic mass is 35.5. The Hall–Kier alpha value is -2.65. The van der Waals surface area contributed by atoms with Crippen molar-refractivity contribution >= 4 is 40.8 Å².